The number of rotatable bonds is 12. The normalized spacial score (nSPS) is 18.1. The number of fused-ring (bicyclic) bond motifs is 1. The first-order valence-electron chi connectivity index (χ1n) is 13.8. The molecule has 0 saturated heterocycles. The Balaban J connectivity index is 1.30. The second-order valence-electron chi connectivity index (χ2n) is 10.5. The molecule has 1 aliphatic carbocycles. The molecule has 3 aromatic rings. The van der Waals surface area contributed by atoms with Crippen LogP contribution in [0.3, 0.4) is 0 Å². The average Bonchev–Trinajstić information content (AvgIpc) is 2.88. The van der Waals surface area contributed by atoms with Crippen molar-refractivity contribution in [2.24, 2.45) is 11.8 Å². The van der Waals surface area contributed by atoms with E-state index >= 15 is 4.39 Å². The van der Waals surface area contributed by atoms with E-state index in [-0.39, 0.29) is 11.6 Å². The minimum atomic E-state index is -2.87. The number of unbranched alkanes of at least 4 members (excludes halogenated alkanes) is 4. The molecule has 4 rings (SSSR count). The molecule has 1 saturated carbocycles. The van der Waals surface area contributed by atoms with Gasteiger partial charge < -0.3 is 4.74 Å². The van der Waals surface area contributed by atoms with Crippen LogP contribution in [0.25, 0.3) is 21.9 Å². The summed E-state index contributed by atoms with van der Waals surface area (Å²) in [5, 5.41) is 1.49. The summed E-state index contributed by atoms with van der Waals surface area (Å²) in [6.45, 7) is -0.600. The third-order valence-electron chi connectivity index (χ3n) is 7.93. The molecule has 0 aromatic heterocycles. The largest absolute Gasteiger partial charge is 0.435 e. The molecule has 0 bridgehead atoms. The van der Waals surface area contributed by atoms with Gasteiger partial charge in [0.25, 0.3) is 0 Å². The molecule has 4 heteroatoms. The van der Waals surface area contributed by atoms with Crippen LogP contribution >= 0.6 is 0 Å². The van der Waals surface area contributed by atoms with Gasteiger partial charge in [-0.2, -0.15) is 8.78 Å². The van der Waals surface area contributed by atoms with Crippen molar-refractivity contribution in [2.75, 3.05) is 0 Å². The van der Waals surface area contributed by atoms with Crippen molar-refractivity contribution in [1.82, 2.24) is 0 Å². The van der Waals surface area contributed by atoms with E-state index in [0.29, 0.717) is 16.5 Å². The topological polar surface area (TPSA) is 9.23 Å². The summed E-state index contributed by atoms with van der Waals surface area (Å²) in [7, 11) is 0. The molecule has 0 N–H and O–H groups in total. The van der Waals surface area contributed by atoms with E-state index in [4.69, 9.17) is 0 Å². The smallest absolute Gasteiger partial charge is 0.387 e. The van der Waals surface area contributed by atoms with E-state index < -0.39 is 6.61 Å². The second-order valence-corrected chi connectivity index (χ2v) is 10.5. The molecule has 194 valence electrons. The minimum Gasteiger partial charge on any atom is -0.435 e. The average molecular weight is 497 g/mol. The Bertz CT molecular complexity index is 1080. The van der Waals surface area contributed by atoms with E-state index in [9.17, 15) is 8.78 Å². The second kappa shape index (κ2) is 13.2. The van der Waals surface area contributed by atoms with Crippen LogP contribution in [0.4, 0.5) is 13.2 Å². The van der Waals surface area contributed by atoms with Crippen molar-refractivity contribution < 1.29 is 17.9 Å². The maximum Gasteiger partial charge on any atom is 0.387 e. The van der Waals surface area contributed by atoms with Crippen LogP contribution in [-0.4, -0.2) is 6.61 Å². The van der Waals surface area contributed by atoms with Gasteiger partial charge in [0.15, 0.2) is 0 Å². The van der Waals surface area contributed by atoms with E-state index in [1.165, 1.54) is 88.3 Å². The number of hydrogen-bond donors (Lipinski definition) is 0. The van der Waals surface area contributed by atoms with Gasteiger partial charge in [-0.15, -0.1) is 0 Å². The highest BCUT2D eigenvalue weighted by molar-refractivity contribution is 5.88. The quantitative estimate of drug-likeness (QED) is 0.227. The third-order valence-corrected chi connectivity index (χ3v) is 7.93. The third kappa shape index (κ3) is 7.27. The van der Waals surface area contributed by atoms with Crippen LogP contribution < -0.4 is 4.74 Å². The monoisotopic (exact) mass is 496 g/mol. The Morgan fingerprint density at radius 3 is 2.19 bits per heavy atom. The van der Waals surface area contributed by atoms with Crippen LogP contribution in [0.1, 0.15) is 83.1 Å². The number of alkyl halides is 2. The molecule has 0 heterocycles. The number of ether oxygens (including phenoxy) is 1. The molecule has 0 spiro atoms. The molecular formula is C32H39F3O. The maximum atomic E-state index is 15.3. The first-order chi connectivity index (χ1) is 17.5. The minimum absolute atomic E-state index is 0.0653. The molecular weight excluding hydrogens is 457 g/mol. The predicted molar refractivity (Wildman–Crippen MR) is 143 cm³/mol. The van der Waals surface area contributed by atoms with Crippen molar-refractivity contribution in [1.29, 1.82) is 0 Å². The Hall–Kier alpha value is -2.49. The van der Waals surface area contributed by atoms with Gasteiger partial charge in [0.2, 0.25) is 0 Å². The van der Waals surface area contributed by atoms with E-state index in [0.717, 1.165) is 23.6 Å². The van der Waals surface area contributed by atoms with Gasteiger partial charge in [-0.05, 0) is 53.3 Å². The molecule has 0 aliphatic heterocycles. The van der Waals surface area contributed by atoms with Crippen molar-refractivity contribution >= 4 is 10.8 Å². The summed E-state index contributed by atoms with van der Waals surface area (Å²) in [5.74, 6) is 1.53. The first-order valence-corrected chi connectivity index (χ1v) is 13.8. The van der Waals surface area contributed by atoms with Gasteiger partial charge in [-0.1, -0.05) is 114 Å². The lowest BCUT2D eigenvalue weighted by Gasteiger charge is -2.28. The summed E-state index contributed by atoms with van der Waals surface area (Å²) < 4.78 is 44.5. The summed E-state index contributed by atoms with van der Waals surface area (Å²) >= 11 is 0. The summed E-state index contributed by atoms with van der Waals surface area (Å²) in [6, 6.07) is 15.9. The first kappa shape index (κ1) is 26.6. The lowest BCUT2D eigenvalue weighted by Crippen LogP contribution is -2.15. The van der Waals surface area contributed by atoms with Crippen LogP contribution in [0, 0.1) is 17.7 Å². The van der Waals surface area contributed by atoms with Gasteiger partial charge in [0.1, 0.15) is 11.6 Å². The van der Waals surface area contributed by atoms with E-state index in [1.807, 2.05) is 12.1 Å². The zero-order valence-electron chi connectivity index (χ0n) is 21.5. The molecule has 0 amide bonds. The highest BCUT2D eigenvalue weighted by atomic mass is 19.3. The lowest BCUT2D eigenvalue weighted by molar-refractivity contribution is -0.0498. The number of hydrogen-bond acceptors (Lipinski definition) is 1. The van der Waals surface area contributed by atoms with Gasteiger partial charge in [0.05, 0.1) is 0 Å². The Morgan fingerprint density at radius 2 is 1.50 bits per heavy atom. The summed E-state index contributed by atoms with van der Waals surface area (Å²) in [4.78, 5) is 0. The zero-order valence-corrected chi connectivity index (χ0v) is 21.5. The molecule has 1 nitrogen and oxygen atoms in total. The molecule has 1 fully saturated rings. The van der Waals surface area contributed by atoms with Crippen LogP contribution in [0.2, 0.25) is 0 Å². The van der Waals surface area contributed by atoms with Gasteiger partial charge in [-0.25, -0.2) is 4.39 Å². The van der Waals surface area contributed by atoms with Crippen molar-refractivity contribution in [3.63, 3.8) is 0 Å². The van der Waals surface area contributed by atoms with Crippen LogP contribution in [0.15, 0.2) is 54.6 Å². The number of halogens is 3. The fraction of sp³-hybridized carbons (Fsp3) is 0.500. The van der Waals surface area contributed by atoms with Crippen LogP contribution in [-0.2, 0) is 6.42 Å². The van der Waals surface area contributed by atoms with Crippen molar-refractivity contribution in [3.05, 3.63) is 66.0 Å². The summed E-state index contributed by atoms with van der Waals surface area (Å²) in [6.07, 6.45) is 16.1. The van der Waals surface area contributed by atoms with Gasteiger partial charge >= 0.3 is 6.61 Å². The fourth-order valence-electron chi connectivity index (χ4n) is 5.75. The highest BCUT2D eigenvalue weighted by Crippen LogP contribution is 2.35. The Labute approximate surface area is 214 Å². The standard InChI is InChI=1S/C32H39F3O/c1-2-3-4-5-6-7-23-8-10-24(11-9-23)12-13-25-14-20-30-27(22-25)17-21-29(31(30)33)26-15-18-28(19-16-26)36-32(34)35/h14-24,32H,2-13H2,1H3. The molecule has 0 unspecified atom stereocenters. The highest BCUT2D eigenvalue weighted by Gasteiger charge is 2.21. The molecule has 1 aliphatic rings. The number of aryl methyl sites for hydroxylation is 1. The lowest BCUT2D eigenvalue weighted by atomic mass is 9.77. The predicted octanol–water partition coefficient (Wildman–Crippen LogP) is 10.3. The van der Waals surface area contributed by atoms with E-state index in [2.05, 4.69) is 23.8 Å². The van der Waals surface area contributed by atoms with Crippen molar-refractivity contribution in [3.8, 4) is 16.9 Å². The SMILES string of the molecule is CCCCCCCC1CCC(CCc2ccc3c(F)c(-c4ccc(OC(F)F)cc4)ccc3c2)CC1. The molecule has 0 atom stereocenters. The van der Waals surface area contributed by atoms with Crippen molar-refractivity contribution in [2.45, 2.75) is 90.6 Å². The maximum absolute atomic E-state index is 15.3. The molecule has 3 aromatic carbocycles. The zero-order chi connectivity index (χ0) is 25.3. The van der Waals surface area contributed by atoms with E-state index in [1.54, 1.807) is 18.2 Å². The van der Waals surface area contributed by atoms with Gasteiger partial charge in [0, 0.05) is 10.9 Å². The Morgan fingerprint density at radius 1 is 0.806 bits per heavy atom. The molecule has 0 radical (unpaired) electrons. The summed E-state index contributed by atoms with van der Waals surface area (Å²) in [5.41, 5.74) is 2.36. The Kier molecular flexibility index (Phi) is 9.72. The fourth-order valence-corrected chi connectivity index (χ4v) is 5.75. The molecule has 36 heavy (non-hydrogen) atoms. The van der Waals surface area contributed by atoms with Gasteiger partial charge in [-0.3, -0.25) is 0 Å². The number of benzene rings is 3. The van der Waals surface area contributed by atoms with Crippen LogP contribution in [0.5, 0.6) is 5.75 Å².